The van der Waals surface area contributed by atoms with E-state index in [1.165, 1.54) is 0 Å². The van der Waals surface area contributed by atoms with E-state index in [4.69, 9.17) is 19.6 Å². The van der Waals surface area contributed by atoms with Crippen LogP contribution in [0.5, 0.6) is 0 Å². The predicted molar refractivity (Wildman–Crippen MR) is 174 cm³/mol. The fraction of sp³-hybridized carbons (Fsp3) is 0.667. The van der Waals surface area contributed by atoms with Gasteiger partial charge < -0.3 is 29.8 Å². The molecular weight excluding hydrogens is 605 g/mol. The van der Waals surface area contributed by atoms with Crippen molar-refractivity contribution in [3.8, 4) is 0 Å². The van der Waals surface area contributed by atoms with Gasteiger partial charge in [-0.3, -0.25) is 9.59 Å². The average Bonchev–Trinajstić information content (AvgIpc) is 3.62. The zero-order valence-corrected chi connectivity index (χ0v) is 28.1. The Bertz CT molecular complexity index is 1440. The highest BCUT2D eigenvalue weighted by Gasteiger charge is 2.53. The SMILES string of the molecule is CCOC(=O)c1oc2ccccc2c1C1C[C@@H](C2CCCCC2)[C@@H](C(N)=O)N1C(=O)C1CCC([C@H](CF)NC(=O)OC(C)(C)C)CC1. The topological polar surface area (TPSA) is 141 Å². The number of amides is 3. The molecule has 2 aromatic rings. The highest BCUT2D eigenvalue weighted by atomic mass is 19.1. The molecule has 3 amide bonds. The number of esters is 1. The second-order valence-corrected chi connectivity index (χ2v) is 14.5. The van der Waals surface area contributed by atoms with Crippen molar-refractivity contribution in [2.45, 2.75) is 116 Å². The number of hydrogen-bond acceptors (Lipinski definition) is 7. The maximum Gasteiger partial charge on any atom is 0.407 e. The van der Waals surface area contributed by atoms with E-state index in [9.17, 15) is 23.6 Å². The Morgan fingerprint density at radius 2 is 1.72 bits per heavy atom. The molecule has 1 aromatic heterocycles. The molecule has 5 rings (SSSR count). The Hall–Kier alpha value is -3.63. The maximum atomic E-state index is 14.7. The molecule has 1 aliphatic heterocycles. The molecule has 1 unspecified atom stereocenters. The van der Waals surface area contributed by atoms with E-state index in [0.717, 1.165) is 32.1 Å². The van der Waals surface area contributed by atoms with E-state index in [-0.39, 0.29) is 36.0 Å². The molecule has 2 aliphatic carbocycles. The molecule has 2 heterocycles. The molecule has 47 heavy (non-hydrogen) atoms. The Kier molecular flexibility index (Phi) is 10.8. The molecular formula is C36H50FN3O7. The molecule has 1 aromatic carbocycles. The number of halogens is 1. The number of ether oxygens (including phenoxy) is 2. The van der Waals surface area contributed by atoms with Crippen molar-refractivity contribution >= 4 is 34.8 Å². The number of likely N-dealkylation sites (tertiary alicyclic amines) is 1. The van der Waals surface area contributed by atoms with Crippen molar-refractivity contribution in [1.29, 1.82) is 0 Å². The van der Waals surface area contributed by atoms with Gasteiger partial charge in [-0.2, -0.15) is 0 Å². The summed E-state index contributed by atoms with van der Waals surface area (Å²) in [5.41, 5.74) is 6.51. The van der Waals surface area contributed by atoms with Gasteiger partial charge in [-0.15, -0.1) is 0 Å². The number of alkyl carbamates (subject to hydrolysis) is 1. The summed E-state index contributed by atoms with van der Waals surface area (Å²) >= 11 is 0. The van der Waals surface area contributed by atoms with Crippen molar-refractivity contribution < 1.29 is 37.5 Å². The van der Waals surface area contributed by atoms with Crippen LogP contribution in [0.25, 0.3) is 11.0 Å². The lowest BCUT2D eigenvalue weighted by atomic mass is 9.75. The minimum atomic E-state index is -0.829. The normalized spacial score (nSPS) is 26.1. The lowest BCUT2D eigenvalue weighted by Gasteiger charge is -2.38. The number of nitrogens with one attached hydrogen (secondary N) is 1. The predicted octanol–water partition coefficient (Wildman–Crippen LogP) is 6.60. The van der Waals surface area contributed by atoms with E-state index in [0.29, 0.717) is 48.6 Å². The van der Waals surface area contributed by atoms with E-state index < -0.39 is 54.3 Å². The molecule has 0 spiro atoms. The minimum absolute atomic E-state index is 0.0473. The minimum Gasteiger partial charge on any atom is -0.460 e. The summed E-state index contributed by atoms with van der Waals surface area (Å²) in [6, 6.07) is 5.16. The standard InChI is InChI=1S/C36H50FN3O7/c1-5-45-34(43)31-29(24-13-9-10-14-28(24)46-31)27-19-25(21-11-7-6-8-12-21)30(32(38)41)40(27)33(42)23-17-15-22(16-18-23)26(20-37)39-35(44)47-36(2,3)4/h9-10,13-14,21-23,25-27,30H,5-8,11-12,15-20H2,1-4H3,(H2,38,41)(H,39,44)/t22?,23?,25-,26-,27?,30-/m0/s1. The fourth-order valence-corrected chi connectivity index (χ4v) is 8.27. The number of furan rings is 1. The van der Waals surface area contributed by atoms with Crippen LogP contribution in [0.3, 0.4) is 0 Å². The van der Waals surface area contributed by atoms with Crippen molar-refractivity contribution in [3.63, 3.8) is 0 Å². The van der Waals surface area contributed by atoms with Crippen molar-refractivity contribution in [1.82, 2.24) is 10.2 Å². The first-order chi connectivity index (χ1) is 22.4. The molecule has 258 valence electrons. The molecule has 4 atom stereocenters. The lowest BCUT2D eigenvalue weighted by molar-refractivity contribution is -0.145. The van der Waals surface area contributed by atoms with E-state index in [2.05, 4.69) is 5.32 Å². The Labute approximate surface area is 276 Å². The van der Waals surface area contributed by atoms with Crippen LogP contribution in [0.1, 0.15) is 114 Å². The number of hydrogen-bond donors (Lipinski definition) is 2. The number of nitrogens with two attached hydrogens (primary N) is 1. The summed E-state index contributed by atoms with van der Waals surface area (Å²) in [7, 11) is 0. The molecule has 0 bridgehead atoms. The Morgan fingerprint density at radius 1 is 1.04 bits per heavy atom. The number of primary amides is 1. The largest absolute Gasteiger partial charge is 0.460 e. The molecule has 3 fully saturated rings. The van der Waals surface area contributed by atoms with E-state index in [1.807, 2.05) is 18.2 Å². The highest BCUT2D eigenvalue weighted by molar-refractivity contribution is 5.98. The molecule has 1 saturated heterocycles. The quantitative estimate of drug-likeness (QED) is 0.290. The van der Waals surface area contributed by atoms with Gasteiger partial charge in [-0.25, -0.2) is 14.0 Å². The molecule has 3 N–H and O–H groups in total. The summed E-state index contributed by atoms with van der Waals surface area (Å²) in [6.45, 7) is 6.39. The van der Waals surface area contributed by atoms with Crippen molar-refractivity contribution in [2.24, 2.45) is 29.4 Å². The van der Waals surface area contributed by atoms with Crippen LogP contribution in [0.4, 0.5) is 9.18 Å². The second kappa shape index (κ2) is 14.6. The number of benzene rings is 1. The summed E-state index contributed by atoms with van der Waals surface area (Å²) in [4.78, 5) is 55.4. The van der Waals surface area contributed by atoms with Gasteiger partial charge in [0.2, 0.25) is 17.6 Å². The summed E-state index contributed by atoms with van der Waals surface area (Å²) in [5.74, 6) is -1.82. The maximum absolute atomic E-state index is 14.7. The molecule has 3 aliphatic rings. The first-order valence-electron chi connectivity index (χ1n) is 17.3. The fourth-order valence-electron chi connectivity index (χ4n) is 8.27. The summed E-state index contributed by atoms with van der Waals surface area (Å²) in [5, 5.41) is 3.38. The van der Waals surface area contributed by atoms with Gasteiger partial charge in [0.15, 0.2) is 0 Å². The van der Waals surface area contributed by atoms with Gasteiger partial charge in [0.25, 0.3) is 0 Å². The number of carbonyl (C=O) groups excluding carboxylic acids is 4. The number of carbonyl (C=O) groups is 4. The Balaban J connectivity index is 1.45. The van der Waals surface area contributed by atoms with Gasteiger partial charge in [-0.05, 0) is 83.6 Å². The van der Waals surface area contributed by atoms with Crippen LogP contribution < -0.4 is 11.1 Å². The first kappa shape index (κ1) is 34.7. The van der Waals surface area contributed by atoms with Crippen LogP contribution >= 0.6 is 0 Å². The highest BCUT2D eigenvalue weighted by Crippen LogP contribution is 2.51. The van der Waals surface area contributed by atoms with Gasteiger partial charge >= 0.3 is 12.1 Å². The van der Waals surface area contributed by atoms with Crippen molar-refractivity contribution in [2.75, 3.05) is 13.3 Å². The third-order valence-electron chi connectivity index (χ3n) is 10.3. The molecule has 0 radical (unpaired) electrons. The number of alkyl halides is 1. The van der Waals surface area contributed by atoms with Crippen molar-refractivity contribution in [3.05, 3.63) is 35.6 Å². The Morgan fingerprint density at radius 3 is 2.34 bits per heavy atom. The van der Waals surface area contributed by atoms with Gasteiger partial charge in [0, 0.05) is 16.9 Å². The number of nitrogens with zero attached hydrogens (tertiary/aromatic N) is 1. The number of para-hydroxylation sites is 1. The number of fused-ring (bicyclic) bond motifs is 1. The third kappa shape index (κ3) is 7.59. The van der Waals surface area contributed by atoms with E-state index >= 15 is 0 Å². The van der Waals surface area contributed by atoms with Crippen LogP contribution in [-0.2, 0) is 19.1 Å². The summed E-state index contributed by atoms with van der Waals surface area (Å²) < 4.78 is 31.0. The summed E-state index contributed by atoms with van der Waals surface area (Å²) in [6.07, 6.45) is 6.98. The van der Waals surface area contributed by atoms with Gasteiger partial charge in [0.1, 0.15) is 23.9 Å². The first-order valence-corrected chi connectivity index (χ1v) is 17.3. The smallest absolute Gasteiger partial charge is 0.407 e. The zero-order valence-electron chi connectivity index (χ0n) is 28.1. The second-order valence-electron chi connectivity index (χ2n) is 14.5. The van der Waals surface area contributed by atoms with Gasteiger partial charge in [0.05, 0.1) is 18.7 Å². The van der Waals surface area contributed by atoms with Crippen LogP contribution in [-0.4, -0.2) is 59.7 Å². The van der Waals surface area contributed by atoms with Crippen LogP contribution in [0.2, 0.25) is 0 Å². The molecule has 11 heteroatoms. The van der Waals surface area contributed by atoms with Crippen LogP contribution in [0, 0.1) is 23.7 Å². The zero-order chi connectivity index (χ0) is 33.9. The van der Waals surface area contributed by atoms with Crippen LogP contribution in [0.15, 0.2) is 28.7 Å². The van der Waals surface area contributed by atoms with E-state index in [1.54, 1.807) is 38.7 Å². The average molecular weight is 656 g/mol. The number of rotatable bonds is 9. The third-order valence-corrected chi connectivity index (χ3v) is 10.3. The lowest BCUT2D eigenvalue weighted by Crippen LogP contribution is -2.51. The molecule has 2 saturated carbocycles. The monoisotopic (exact) mass is 655 g/mol. The molecule has 10 nitrogen and oxygen atoms in total. The van der Waals surface area contributed by atoms with Gasteiger partial charge in [-0.1, -0.05) is 50.3 Å².